The van der Waals surface area contributed by atoms with Gasteiger partial charge >= 0.3 is 0 Å². The first-order valence-corrected chi connectivity index (χ1v) is 10.9. The average Bonchev–Trinajstić information content (AvgIpc) is 2.82. The van der Waals surface area contributed by atoms with Crippen molar-refractivity contribution in [2.45, 2.75) is 6.54 Å². The van der Waals surface area contributed by atoms with Crippen LogP contribution in [0.5, 0.6) is 5.75 Å². The molecule has 32 heavy (non-hydrogen) atoms. The number of aromatic nitrogens is 2. The van der Waals surface area contributed by atoms with Gasteiger partial charge in [-0.2, -0.15) is 0 Å². The molecule has 0 saturated carbocycles. The van der Waals surface area contributed by atoms with Crippen molar-refractivity contribution in [3.05, 3.63) is 105 Å². The van der Waals surface area contributed by atoms with Gasteiger partial charge in [0.15, 0.2) is 0 Å². The molecule has 5 aromatic rings. The molecular weight excluding hydrogens is 443 g/mol. The number of rotatable bonds is 5. The fraction of sp³-hybridized carbons (Fsp3) is 0.0769. The minimum absolute atomic E-state index is 0.106. The lowest BCUT2D eigenvalue weighted by atomic mass is 10.1. The van der Waals surface area contributed by atoms with Crippen molar-refractivity contribution in [3.63, 3.8) is 0 Å². The molecule has 4 aromatic carbocycles. The lowest BCUT2D eigenvalue weighted by Crippen LogP contribution is -2.26. The summed E-state index contributed by atoms with van der Waals surface area (Å²) in [5.74, 6) is 1.30. The highest BCUT2D eigenvalue weighted by Crippen LogP contribution is 2.31. The van der Waals surface area contributed by atoms with E-state index in [1.165, 1.54) is 0 Å². The van der Waals surface area contributed by atoms with E-state index in [0.29, 0.717) is 39.9 Å². The number of benzene rings is 4. The fourth-order valence-electron chi connectivity index (χ4n) is 3.80. The van der Waals surface area contributed by atoms with Gasteiger partial charge in [0.2, 0.25) is 0 Å². The zero-order valence-corrected chi connectivity index (χ0v) is 18.5. The number of halogens is 2. The molecule has 0 aliphatic heterocycles. The zero-order valence-electron chi connectivity index (χ0n) is 17.0. The molecule has 1 heterocycles. The van der Waals surface area contributed by atoms with E-state index in [4.69, 9.17) is 32.9 Å². The number of nitrogens with zero attached hydrogens (tertiary/aromatic N) is 2. The zero-order chi connectivity index (χ0) is 22.1. The van der Waals surface area contributed by atoms with Crippen molar-refractivity contribution >= 4 is 44.9 Å². The Balaban J connectivity index is 1.52. The van der Waals surface area contributed by atoms with Gasteiger partial charge in [-0.25, -0.2) is 4.98 Å². The predicted molar refractivity (Wildman–Crippen MR) is 131 cm³/mol. The van der Waals surface area contributed by atoms with Crippen molar-refractivity contribution in [2.75, 3.05) is 6.61 Å². The van der Waals surface area contributed by atoms with E-state index in [0.717, 1.165) is 22.1 Å². The van der Waals surface area contributed by atoms with E-state index in [-0.39, 0.29) is 5.56 Å². The van der Waals surface area contributed by atoms with Gasteiger partial charge in [0.25, 0.3) is 5.56 Å². The molecule has 0 spiro atoms. The molecule has 5 rings (SSSR count). The first-order chi connectivity index (χ1) is 15.6. The van der Waals surface area contributed by atoms with Crippen LogP contribution in [0, 0.1) is 0 Å². The highest BCUT2D eigenvalue weighted by atomic mass is 35.5. The smallest absolute Gasteiger partial charge is 0.261 e. The summed E-state index contributed by atoms with van der Waals surface area (Å²) in [5.41, 5.74) is 1.36. The normalized spacial score (nSPS) is 11.2. The Morgan fingerprint density at radius 3 is 2.25 bits per heavy atom. The molecule has 0 atom stereocenters. The summed E-state index contributed by atoms with van der Waals surface area (Å²) in [6.45, 7) is 0.637. The topological polar surface area (TPSA) is 44.1 Å². The van der Waals surface area contributed by atoms with Gasteiger partial charge in [0, 0.05) is 26.4 Å². The minimum Gasteiger partial charge on any atom is -0.491 e. The number of para-hydroxylation sites is 1. The van der Waals surface area contributed by atoms with Crippen molar-refractivity contribution in [1.82, 2.24) is 9.55 Å². The molecule has 0 unspecified atom stereocenters. The second-order valence-electron chi connectivity index (χ2n) is 7.36. The standard InChI is InChI=1S/C26H18Cl2N2O2/c27-18-11-9-17(10-12-18)25-29-23-8-4-3-7-21(23)26(31)30(25)15-16-32-24-14-13-22(28)19-5-1-2-6-20(19)24/h1-14H,15-16H2. The molecule has 1 aromatic heterocycles. The summed E-state index contributed by atoms with van der Waals surface area (Å²) in [5, 5.41) is 3.73. The largest absolute Gasteiger partial charge is 0.491 e. The monoisotopic (exact) mass is 460 g/mol. The molecule has 0 amide bonds. The maximum Gasteiger partial charge on any atom is 0.261 e. The molecule has 0 bridgehead atoms. The summed E-state index contributed by atoms with van der Waals surface area (Å²) >= 11 is 12.4. The Morgan fingerprint density at radius 1 is 0.781 bits per heavy atom. The molecule has 0 aliphatic rings. The van der Waals surface area contributed by atoms with Crippen LogP contribution in [-0.4, -0.2) is 16.2 Å². The Bertz CT molecular complexity index is 1490. The van der Waals surface area contributed by atoms with Crippen LogP contribution in [0.3, 0.4) is 0 Å². The van der Waals surface area contributed by atoms with Crippen LogP contribution >= 0.6 is 23.2 Å². The lowest BCUT2D eigenvalue weighted by molar-refractivity contribution is 0.300. The van der Waals surface area contributed by atoms with Crippen molar-refractivity contribution < 1.29 is 4.74 Å². The summed E-state index contributed by atoms with van der Waals surface area (Å²) in [6.07, 6.45) is 0. The SMILES string of the molecule is O=c1c2ccccc2nc(-c2ccc(Cl)cc2)n1CCOc1ccc(Cl)c2ccccc12. The Morgan fingerprint density at radius 2 is 1.47 bits per heavy atom. The van der Waals surface area contributed by atoms with E-state index in [2.05, 4.69) is 0 Å². The van der Waals surface area contributed by atoms with Gasteiger partial charge in [-0.3, -0.25) is 9.36 Å². The number of ether oxygens (including phenoxy) is 1. The third kappa shape index (κ3) is 3.83. The van der Waals surface area contributed by atoms with Crippen LogP contribution in [-0.2, 0) is 6.54 Å². The van der Waals surface area contributed by atoms with Gasteiger partial charge in [0.1, 0.15) is 18.2 Å². The quantitative estimate of drug-likeness (QED) is 0.296. The van der Waals surface area contributed by atoms with E-state index in [9.17, 15) is 4.79 Å². The average molecular weight is 461 g/mol. The Kier molecular flexibility index (Phi) is 5.56. The molecule has 0 aliphatic carbocycles. The summed E-state index contributed by atoms with van der Waals surface area (Å²) in [7, 11) is 0. The van der Waals surface area contributed by atoms with Gasteiger partial charge in [-0.15, -0.1) is 0 Å². The van der Waals surface area contributed by atoms with Crippen molar-refractivity contribution in [3.8, 4) is 17.1 Å². The third-order valence-electron chi connectivity index (χ3n) is 5.37. The predicted octanol–water partition coefficient (Wildman–Crippen LogP) is 6.60. The summed E-state index contributed by atoms with van der Waals surface area (Å²) in [6, 6.07) is 26.2. The molecular formula is C26H18Cl2N2O2. The Labute approximate surface area is 194 Å². The molecule has 0 radical (unpaired) electrons. The Hall–Kier alpha value is -3.34. The van der Waals surface area contributed by atoms with Crippen LogP contribution in [0.4, 0.5) is 0 Å². The van der Waals surface area contributed by atoms with E-state index < -0.39 is 0 Å². The molecule has 6 heteroatoms. The molecule has 158 valence electrons. The number of hydrogen-bond donors (Lipinski definition) is 0. The van der Waals surface area contributed by atoms with Gasteiger partial charge in [0.05, 0.1) is 17.4 Å². The van der Waals surface area contributed by atoms with Crippen LogP contribution in [0.15, 0.2) is 89.7 Å². The molecule has 0 fully saturated rings. The molecule has 4 nitrogen and oxygen atoms in total. The minimum atomic E-state index is -0.106. The molecule has 0 saturated heterocycles. The molecule has 0 N–H and O–H groups in total. The summed E-state index contributed by atoms with van der Waals surface area (Å²) in [4.78, 5) is 18.1. The van der Waals surface area contributed by atoms with Crippen LogP contribution < -0.4 is 10.3 Å². The highest BCUT2D eigenvalue weighted by molar-refractivity contribution is 6.35. The van der Waals surface area contributed by atoms with E-state index in [1.807, 2.05) is 66.7 Å². The maximum atomic E-state index is 13.3. The number of fused-ring (bicyclic) bond motifs is 2. The van der Waals surface area contributed by atoms with Crippen LogP contribution in [0.1, 0.15) is 0 Å². The van der Waals surface area contributed by atoms with Crippen molar-refractivity contribution in [2.24, 2.45) is 0 Å². The van der Waals surface area contributed by atoms with Crippen LogP contribution in [0.25, 0.3) is 33.1 Å². The highest BCUT2D eigenvalue weighted by Gasteiger charge is 2.13. The third-order valence-corrected chi connectivity index (χ3v) is 5.95. The second-order valence-corrected chi connectivity index (χ2v) is 8.20. The van der Waals surface area contributed by atoms with Gasteiger partial charge in [-0.05, 0) is 48.5 Å². The summed E-state index contributed by atoms with van der Waals surface area (Å²) < 4.78 is 7.74. The second kappa shape index (κ2) is 8.65. The first-order valence-electron chi connectivity index (χ1n) is 10.2. The van der Waals surface area contributed by atoms with Crippen molar-refractivity contribution in [1.29, 1.82) is 0 Å². The van der Waals surface area contributed by atoms with Gasteiger partial charge in [-0.1, -0.05) is 59.6 Å². The lowest BCUT2D eigenvalue weighted by Gasteiger charge is -2.15. The maximum absolute atomic E-state index is 13.3. The first kappa shape index (κ1) is 20.6. The van der Waals surface area contributed by atoms with Gasteiger partial charge < -0.3 is 4.74 Å². The fourth-order valence-corrected chi connectivity index (χ4v) is 4.16. The van der Waals surface area contributed by atoms with Crippen LogP contribution in [0.2, 0.25) is 10.0 Å². The number of hydrogen-bond acceptors (Lipinski definition) is 3. The van der Waals surface area contributed by atoms with E-state index >= 15 is 0 Å². The van der Waals surface area contributed by atoms with E-state index in [1.54, 1.807) is 22.8 Å².